The fraction of sp³-hybridized carbons (Fsp3) is 0.667. The summed E-state index contributed by atoms with van der Waals surface area (Å²) in [5.74, 6) is 0. The molecule has 0 aliphatic rings. The lowest BCUT2D eigenvalue weighted by Crippen LogP contribution is -2.15. The molecule has 74 valence electrons. The molecule has 0 aromatic carbocycles. The number of hydrogen-bond donors (Lipinski definition) is 5. The average Bonchev–Trinajstić information content (AvgIpc) is 1.85. The molecule has 0 radical (unpaired) electrons. The average molecular weight is 217 g/mol. The zero-order chi connectivity index (χ0) is 10.2. The Bertz CT molecular complexity index is 206. The smallest absolute Gasteiger partial charge is 0.367 e. The maximum Gasteiger partial charge on any atom is 0.394 e. The molecule has 0 bridgehead atoms. The summed E-state index contributed by atoms with van der Waals surface area (Å²) in [5.41, 5.74) is 0. The SMILES string of the molecule is CNSC(=N)NC.O=S(=O)(O)O. The zero-order valence-corrected chi connectivity index (χ0v) is 8.16. The Morgan fingerprint density at radius 3 is 1.83 bits per heavy atom. The highest BCUT2D eigenvalue weighted by Gasteiger charge is 1.85. The molecule has 0 heterocycles. The molecule has 5 N–H and O–H groups in total. The van der Waals surface area contributed by atoms with E-state index < -0.39 is 10.4 Å². The van der Waals surface area contributed by atoms with E-state index in [0.717, 1.165) is 0 Å². The van der Waals surface area contributed by atoms with Gasteiger partial charge in [0.05, 0.1) is 0 Å². The van der Waals surface area contributed by atoms with Crippen LogP contribution in [0.2, 0.25) is 0 Å². The third-order valence-electron chi connectivity index (χ3n) is 0.431. The number of amidine groups is 1. The summed E-state index contributed by atoms with van der Waals surface area (Å²) < 4.78 is 34.3. The van der Waals surface area contributed by atoms with Crippen molar-refractivity contribution in [3.63, 3.8) is 0 Å². The van der Waals surface area contributed by atoms with E-state index in [2.05, 4.69) is 10.0 Å². The summed E-state index contributed by atoms with van der Waals surface area (Å²) >= 11 is 1.25. The Balaban J connectivity index is 0. The van der Waals surface area contributed by atoms with E-state index in [0.29, 0.717) is 5.17 Å². The molecule has 0 aliphatic carbocycles. The normalized spacial score (nSPS) is 9.67. The Morgan fingerprint density at radius 2 is 1.75 bits per heavy atom. The topological polar surface area (TPSA) is 123 Å². The lowest BCUT2D eigenvalue weighted by Gasteiger charge is -1.96. The van der Waals surface area contributed by atoms with Crippen LogP contribution < -0.4 is 10.0 Å². The monoisotopic (exact) mass is 217 g/mol. The van der Waals surface area contributed by atoms with Crippen LogP contribution >= 0.6 is 11.9 Å². The number of hydrogen-bond acceptors (Lipinski definition) is 5. The maximum atomic E-state index is 8.74. The molecule has 0 atom stereocenters. The van der Waals surface area contributed by atoms with Crippen LogP contribution in [0.1, 0.15) is 0 Å². The summed E-state index contributed by atoms with van der Waals surface area (Å²) in [6.07, 6.45) is 0. The first-order valence-corrected chi connectivity index (χ1v) is 4.82. The van der Waals surface area contributed by atoms with Crippen LogP contribution in [0.4, 0.5) is 0 Å². The van der Waals surface area contributed by atoms with Gasteiger partial charge in [0.1, 0.15) is 0 Å². The lowest BCUT2D eigenvalue weighted by atomic mass is 11.2. The standard InChI is InChI=1S/C3H9N3S.H2O4S/c1-5-3(4)7-6-2;1-5(2,3)4/h6H,1-2H3,(H2,4,5);(H2,1,2,3,4). The zero-order valence-electron chi connectivity index (χ0n) is 6.53. The van der Waals surface area contributed by atoms with Crippen LogP contribution in [0.5, 0.6) is 0 Å². The molecule has 0 aliphatic heterocycles. The van der Waals surface area contributed by atoms with Gasteiger partial charge in [-0.1, -0.05) is 0 Å². The van der Waals surface area contributed by atoms with E-state index in [1.54, 1.807) is 14.1 Å². The molecule has 0 aromatic rings. The van der Waals surface area contributed by atoms with E-state index >= 15 is 0 Å². The van der Waals surface area contributed by atoms with E-state index in [9.17, 15) is 0 Å². The highest BCUT2D eigenvalue weighted by molar-refractivity contribution is 8.12. The van der Waals surface area contributed by atoms with Crippen molar-refractivity contribution in [3.8, 4) is 0 Å². The molecule has 0 fully saturated rings. The van der Waals surface area contributed by atoms with Crippen molar-refractivity contribution in [3.05, 3.63) is 0 Å². The molecule has 0 saturated carbocycles. The number of rotatable bonds is 1. The summed E-state index contributed by atoms with van der Waals surface area (Å²) in [6, 6.07) is 0. The van der Waals surface area contributed by atoms with Crippen LogP contribution in [0.25, 0.3) is 0 Å². The molecular formula is C3H11N3O4S2. The molecule has 0 spiro atoms. The predicted molar refractivity (Wildman–Crippen MR) is 47.6 cm³/mol. The van der Waals surface area contributed by atoms with Crippen LogP contribution in [0.15, 0.2) is 0 Å². The van der Waals surface area contributed by atoms with Crippen molar-refractivity contribution in [2.45, 2.75) is 0 Å². The molecule has 0 saturated heterocycles. The van der Waals surface area contributed by atoms with Gasteiger partial charge in [0.15, 0.2) is 5.17 Å². The predicted octanol–water partition coefficient (Wildman–Crippen LogP) is -0.645. The highest BCUT2D eigenvalue weighted by Crippen LogP contribution is 1.86. The van der Waals surface area contributed by atoms with E-state index in [4.69, 9.17) is 22.9 Å². The Labute approximate surface area is 75.2 Å². The Kier molecular flexibility index (Phi) is 8.64. The van der Waals surface area contributed by atoms with Gasteiger partial charge < -0.3 is 5.32 Å². The van der Waals surface area contributed by atoms with Crippen molar-refractivity contribution < 1.29 is 17.5 Å². The molecule has 9 heteroatoms. The minimum atomic E-state index is -4.67. The quantitative estimate of drug-likeness (QED) is 0.171. The minimum Gasteiger partial charge on any atom is -0.367 e. The minimum absolute atomic E-state index is 0.433. The van der Waals surface area contributed by atoms with E-state index in [-0.39, 0.29) is 0 Å². The number of nitrogens with one attached hydrogen (secondary N) is 3. The largest absolute Gasteiger partial charge is 0.394 e. The third-order valence-corrected chi connectivity index (χ3v) is 1.04. The van der Waals surface area contributed by atoms with Gasteiger partial charge in [0, 0.05) is 7.05 Å². The van der Waals surface area contributed by atoms with Gasteiger partial charge in [0.2, 0.25) is 0 Å². The maximum absolute atomic E-state index is 8.74. The Morgan fingerprint density at radius 1 is 1.42 bits per heavy atom. The van der Waals surface area contributed by atoms with Crippen molar-refractivity contribution in [2.24, 2.45) is 0 Å². The van der Waals surface area contributed by atoms with Gasteiger partial charge in [-0.3, -0.25) is 19.2 Å². The van der Waals surface area contributed by atoms with Crippen molar-refractivity contribution in [1.82, 2.24) is 10.0 Å². The molecule has 0 amide bonds. The van der Waals surface area contributed by atoms with Crippen molar-refractivity contribution in [2.75, 3.05) is 14.1 Å². The second-order valence-corrected chi connectivity index (χ2v) is 3.25. The third kappa shape index (κ3) is 33.4. The fourth-order valence-electron chi connectivity index (χ4n) is 0.153. The molecule has 0 aromatic heterocycles. The van der Waals surface area contributed by atoms with Crippen LogP contribution in [-0.2, 0) is 10.4 Å². The molecule has 0 unspecified atom stereocenters. The second kappa shape index (κ2) is 7.31. The van der Waals surface area contributed by atoms with E-state index in [1.165, 1.54) is 11.9 Å². The van der Waals surface area contributed by atoms with Gasteiger partial charge in [-0.05, 0) is 19.0 Å². The first kappa shape index (κ1) is 14.2. The second-order valence-electron chi connectivity index (χ2n) is 1.33. The van der Waals surface area contributed by atoms with Crippen LogP contribution in [0, 0.1) is 5.41 Å². The van der Waals surface area contributed by atoms with Gasteiger partial charge in [-0.2, -0.15) is 8.42 Å². The highest BCUT2D eigenvalue weighted by atomic mass is 32.3. The van der Waals surface area contributed by atoms with Crippen molar-refractivity contribution >= 4 is 27.5 Å². The van der Waals surface area contributed by atoms with Gasteiger partial charge in [0.25, 0.3) is 0 Å². The molecular weight excluding hydrogens is 206 g/mol. The molecule has 0 rings (SSSR count). The summed E-state index contributed by atoms with van der Waals surface area (Å²) in [7, 11) is -1.18. The van der Waals surface area contributed by atoms with Gasteiger partial charge in [-0.15, -0.1) is 0 Å². The van der Waals surface area contributed by atoms with Crippen LogP contribution in [-0.4, -0.2) is 36.8 Å². The van der Waals surface area contributed by atoms with Crippen molar-refractivity contribution in [1.29, 1.82) is 5.41 Å². The first-order chi connectivity index (χ1) is 5.31. The first-order valence-electron chi connectivity index (χ1n) is 2.61. The van der Waals surface area contributed by atoms with E-state index in [1.807, 2.05) is 0 Å². The molecule has 7 nitrogen and oxygen atoms in total. The fourth-order valence-corrected chi connectivity index (χ4v) is 0.459. The Hall–Kier alpha value is -0.350. The van der Waals surface area contributed by atoms with Crippen LogP contribution in [0.3, 0.4) is 0 Å². The van der Waals surface area contributed by atoms with Gasteiger partial charge >= 0.3 is 10.4 Å². The molecule has 12 heavy (non-hydrogen) atoms. The summed E-state index contributed by atoms with van der Waals surface area (Å²) in [6.45, 7) is 0. The van der Waals surface area contributed by atoms with Gasteiger partial charge in [-0.25, -0.2) is 0 Å². The lowest BCUT2D eigenvalue weighted by molar-refractivity contribution is 0.381. The summed E-state index contributed by atoms with van der Waals surface area (Å²) in [4.78, 5) is 0. The summed E-state index contributed by atoms with van der Waals surface area (Å²) in [5, 5.41) is 10.0.